The van der Waals surface area contributed by atoms with Crippen LogP contribution in [0.3, 0.4) is 0 Å². The molecule has 0 spiro atoms. The molecule has 1 N–H and O–H groups in total. The second kappa shape index (κ2) is 5.97. The number of hydrogen-bond acceptors (Lipinski definition) is 4. The minimum absolute atomic E-state index is 0.0270. The molecule has 0 saturated carbocycles. The zero-order chi connectivity index (χ0) is 11.3. The third-order valence-corrected chi connectivity index (χ3v) is 3.19. The highest BCUT2D eigenvalue weighted by Gasteiger charge is 2.21. The summed E-state index contributed by atoms with van der Waals surface area (Å²) in [5, 5.41) is 8.71. The maximum Gasteiger partial charge on any atom is 0.281 e. The minimum Gasteiger partial charge on any atom is -0.395 e. The average Bonchev–Trinajstić information content (AvgIpc) is 2.61. The third kappa shape index (κ3) is 3.71. The standard InChI is InChI=1S/C9H16N2O3S/c1-10(4-6-12)8(13)2-3-11-5-7-15-9(11)14/h12H,2-7H2,1H3. The van der Waals surface area contributed by atoms with Crippen LogP contribution in [0.15, 0.2) is 0 Å². The topological polar surface area (TPSA) is 60.9 Å². The molecule has 0 aromatic rings. The second-order valence-electron chi connectivity index (χ2n) is 3.39. The first-order valence-corrected chi connectivity index (χ1v) is 5.90. The fraction of sp³-hybridized carbons (Fsp3) is 0.778. The molecule has 5 nitrogen and oxygen atoms in total. The predicted octanol–water partition coefficient (Wildman–Crippen LogP) is -0.00400. The number of carbonyl (C=O) groups is 2. The molecule has 1 rings (SSSR count). The van der Waals surface area contributed by atoms with Gasteiger partial charge in [0.25, 0.3) is 5.24 Å². The molecule has 0 aromatic heterocycles. The Balaban J connectivity index is 2.24. The highest BCUT2D eigenvalue weighted by molar-refractivity contribution is 8.13. The minimum atomic E-state index is -0.0336. The van der Waals surface area contributed by atoms with Crippen LogP contribution in [0.4, 0.5) is 4.79 Å². The molecule has 1 aliphatic heterocycles. The number of nitrogens with zero attached hydrogens (tertiary/aromatic N) is 2. The molecule has 1 saturated heterocycles. The summed E-state index contributed by atoms with van der Waals surface area (Å²) in [4.78, 5) is 25.8. The summed E-state index contributed by atoms with van der Waals surface area (Å²) in [7, 11) is 1.65. The Bertz CT molecular complexity index is 248. The Morgan fingerprint density at radius 3 is 2.93 bits per heavy atom. The lowest BCUT2D eigenvalue weighted by Gasteiger charge is -2.18. The van der Waals surface area contributed by atoms with Gasteiger partial charge in [-0.05, 0) is 0 Å². The number of likely N-dealkylation sites (N-methyl/N-ethyl adjacent to an activating group) is 1. The number of amides is 2. The number of aliphatic hydroxyl groups is 1. The van der Waals surface area contributed by atoms with E-state index in [9.17, 15) is 9.59 Å². The van der Waals surface area contributed by atoms with Gasteiger partial charge < -0.3 is 14.9 Å². The van der Waals surface area contributed by atoms with Crippen molar-refractivity contribution in [1.82, 2.24) is 9.80 Å². The average molecular weight is 232 g/mol. The molecular weight excluding hydrogens is 216 g/mol. The van der Waals surface area contributed by atoms with E-state index in [0.717, 1.165) is 12.3 Å². The predicted molar refractivity (Wildman–Crippen MR) is 58.8 cm³/mol. The van der Waals surface area contributed by atoms with E-state index in [1.54, 1.807) is 11.9 Å². The molecule has 86 valence electrons. The van der Waals surface area contributed by atoms with Crippen molar-refractivity contribution in [2.45, 2.75) is 6.42 Å². The smallest absolute Gasteiger partial charge is 0.281 e. The number of carbonyl (C=O) groups excluding carboxylic acids is 2. The maximum atomic E-state index is 11.5. The van der Waals surface area contributed by atoms with Crippen molar-refractivity contribution in [3.63, 3.8) is 0 Å². The van der Waals surface area contributed by atoms with E-state index in [-0.39, 0.29) is 17.8 Å². The van der Waals surface area contributed by atoms with Crippen LogP contribution in [0.25, 0.3) is 0 Å². The quantitative estimate of drug-likeness (QED) is 0.724. The Hall–Kier alpha value is -0.750. The van der Waals surface area contributed by atoms with Crippen LogP contribution < -0.4 is 0 Å². The van der Waals surface area contributed by atoms with Gasteiger partial charge in [0.05, 0.1) is 6.61 Å². The van der Waals surface area contributed by atoms with Gasteiger partial charge in [0.1, 0.15) is 0 Å². The van der Waals surface area contributed by atoms with Crippen molar-refractivity contribution in [2.24, 2.45) is 0 Å². The lowest BCUT2D eigenvalue weighted by molar-refractivity contribution is -0.130. The van der Waals surface area contributed by atoms with Crippen LogP contribution in [0.1, 0.15) is 6.42 Å². The summed E-state index contributed by atoms with van der Waals surface area (Å²) in [5.41, 5.74) is 0. The Morgan fingerprint density at radius 2 is 2.40 bits per heavy atom. The van der Waals surface area contributed by atoms with Crippen molar-refractivity contribution in [1.29, 1.82) is 0 Å². The summed E-state index contributed by atoms with van der Waals surface area (Å²) in [6.07, 6.45) is 0.336. The van der Waals surface area contributed by atoms with Crippen LogP contribution in [0.5, 0.6) is 0 Å². The van der Waals surface area contributed by atoms with Crippen LogP contribution >= 0.6 is 11.8 Å². The molecule has 0 atom stereocenters. The molecule has 0 unspecified atom stereocenters. The Kier molecular flexibility index (Phi) is 4.90. The second-order valence-corrected chi connectivity index (χ2v) is 4.44. The zero-order valence-corrected chi connectivity index (χ0v) is 9.63. The number of aliphatic hydroxyl groups excluding tert-OH is 1. The van der Waals surface area contributed by atoms with Gasteiger partial charge in [-0.2, -0.15) is 0 Å². The summed E-state index contributed by atoms with van der Waals surface area (Å²) >= 11 is 1.30. The van der Waals surface area contributed by atoms with Gasteiger partial charge in [0, 0.05) is 38.9 Å². The lowest BCUT2D eigenvalue weighted by atomic mass is 10.3. The molecule has 1 heterocycles. The van der Waals surface area contributed by atoms with Gasteiger partial charge in [-0.3, -0.25) is 9.59 Å². The summed E-state index contributed by atoms with van der Waals surface area (Å²) in [6.45, 7) is 1.54. The van der Waals surface area contributed by atoms with E-state index in [2.05, 4.69) is 0 Å². The van der Waals surface area contributed by atoms with Gasteiger partial charge >= 0.3 is 0 Å². The molecular formula is C9H16N2O3S. The molecule has 2 amide bonds. The molecule has 15 heavy (non-hydrogen) atoms. The van der Waals surface area contributed by atoms with E-state index < -0.39 is 0 Å². The van der Waals surface area contributed by atoms with Gasteiger partial charge in [-0.25, -0.2) is 0 Å². The third-order valence-electron chi connectivity index (χ3n) is 2.30. The number of thioether (sulfide) groups is 1. The van der Waals surface area contributed by atoms with Gasteiger partial charge in [-0.15, -0.1) is 0 Å². The molecule has 6 heteroatoms. The first-order valence-electron chi connectivity index (χ1n) is 4.91. The van der Waals surface area contributed by atoms with Crippen LogP contribution in [-0.2, 0) is 4.79 Å². The fourth-order valence-corrected chi connectivity index (χ4v) is 2.18. The normalized spacial score (nSPS) is 15.9. The number of rotatable bonds is 5. The molecule has 1 aliphatic rings. The van der Waals surface area contributed by atoms with Gasteiger partial charge in [-0.1, -0.05) is 11.8 Å². The SMILES string of the molecule is CN(CCO)C(=O)CCN1CCSC1=O. The van der Waals surface area contributed by atoms with E-state index >= 15 is 0 Å². The van der Waals surface area contributed by atoms with E-state index in [1.165, 1.54) is 16.7 Å². The first-order chi connectivity index (χ1) is 7.15. The summed E-state index contributed by atoms with van der Waals surface area (Å²) in [5.74, 6) is 0.785. The molecule has 0 aliphatic carbocycles. The van der Waals surface area contributed by atoms with Crippen molar-refractivity contribution in [3.8, 4) is 0 Å². The van der Waals surface area contributed by atoms with Crippen LogP contribution in [0, 0.1) is 0 Å². The highest BCUT2D eigenvalue weighted by atomic mass is 32.2. The van der Waals surface area contributed by atoms with Crippen molar-refractivity contribution < 1.29 is 14.7 Å². The van der Waals surface area contributed by atoms with Crippen molar-refractivity contribution >= 4 is 22.9 Å². The largest absolute Gasteiger partial charge is 0.395 e. The van der Waals surface area contributed by atoms with Crippen LogP contribution in [-0.4, -0.2) is 65.1 Å². The Morgan fingerprint density at radius 1 is 1.67 bits per heavy atom. The van der Waals surface area contributed by atoms with Gasteiger partial charge in [0.2, 0.25) is 5.91 Å². The first kappa shape index (κ1) is 12.3. The molecule has 1 fully saturated rings. The zero-order valence-electron chi connectivity index (χ0n) is 8.81. The van der Waals surface area contributed by atoms with Gasteiger partial charge in [0.15, 0.2) is 0 Å². The van der Waals surface area contributed by atoms with Crippen molar-refractivity contribution in [2.75, 3.05) is 39.0 Å². The highest BCUT2D eigenvalue weighted by Crippen LogP contribution is 2.17. The summed E-state index contributed by atoms with van der Waals surface area (Å²) < 4.78 is 0. The Labute approximate surface area is 93.4 Å². The van der Waals surface area contributed by atoms with E-state index in [4.69, 9.17) is 5.11 Å². The monoisotopic (exact) mass is 232 g/mol. The molecule has 0 aromatic carbocycles. The lowest BCUT2D eigenvalue weighted by Crippen LogP contribution is -2.33. The van der Waals surface area contributed by atoms with E-state index in [1.807, 2.05) is 0 Å². The number of hydrogen-bond donors (Lipinski definition) is 1. The maximum absolute atomic E-state index is 11.5. The van der Waals surface area contributed by atoms with E-state index in [0.29, 0.717) is 19.5 Å². The van der Waals surface area contributed by atoms with Crippen LogP contribution in [0.2, 0.25) is 0 Å². The molecule has 0 radical (unpaired) electrons. The fourth-order valence-electron chi connectivity index (χ4n) is 1.32. The summed E-state index contributed by atoms with van der Waals surface area (Å²) in [6, 6.07) is 0. The van der Waals surface area contributed by atoms with Crippen molar-refractivity contribution in [3.05, 3.63) is 0 Å². The molecule has 0 bridgehead atoms.